The van der Waals surface area contributed by atoms with E-state index in [9.17, 15) is 19.7 Å². The molecule has 0 aromatic heterocycles. The van der Waals surface area contributed by atoms with E-state index in [1.165, 1.54) is 24.3 Å². The van der Waals surface area contributed by atoms with E-state index in [0.717, 1.165) is 17.7 Å². The van der Waals surface area contributed by atoms with Gasteiger partial charge >= 0.3 is 0 Å². The van der Waals surface area contributed by atoms with E-state index < -0.39 is 16.7 Å². The number of nitrogens with one attached hydrogen (secondary N) is 3. The first kappa shape index (κ1) is 17.9. The number of hydrogen-bond acceptors (Lipinski definition) is 5. The van der Waals surface area contributed by atoms with Gasteiger partial charge in [-0.1, -0.05) is 25.1 Å². The number of aryl methyl sites for hydroxylation is 1. The van der Waals surface area contributed by atoms with Crippen molar-refractivity contribution in [3.63, 3.8) is 0 Å². The van der Waals surface area contributed by atoms with Crippen LogP contribution >= 0.6 is 0 Å². The molecule has 2 rings (SSSR count). The smallest absolute Gasteiger partial charge is 0.269 e. The molecule has 0 radical (unpaired) electrons. The molecule has 2 aromatic rings. The number of hydrazine groups is 1. The second-order valence-electron chi connectivity index (χ2n) is 5.17. The Kier molecular flexibility index (Phi) is 6.05. The van der Waals surface area contributed by atoms with Crippen LogP contribution in [0.2, 0.25) is 0 Å². The number of carbonyl (C=O) groups is 2. The Balaban J connectivity index is 1.83. The first-order valence-electron chi connectivity index (χ1n) is 7.66. The summed E-state index contributed by atoms with van der Waals surface area (Å²) in [7, 11) is 0. The average molecular weight is 342 g/mol. The number of rotatable bonds is 6. The molecule has 0 aliphatic carbocycles. The summed E-state index contributed by atoms with van der Waals surface area (Å²) in [4.78, 5) is 33.7. The van der Waals surface area contributed by atoms with Crippen LogP contribution in [0.1, 0.15) is 22.8 Å². The minimum absolute atomic E-state index is 0.00243. The lowest BCUT2D eigenvalue weighted by molar-refractivity contribution is -0.384. The predicted octanol–water partition coefficient (Wildman–Crippen LogP) is 2.03. The van der Waals surface area contributed by atoms with Crippen molar-refractivity contribution in [1.82, 2.24) is 10.9 Å². The highest BCUT2D eigenvalue weighted by atomic mass is 16.6. The zero-order chi connectivity index (χ0) is 18.2. The molecule has 0 atom stereocenters. The molecule has 130 valence electrons. The Hall–Kier alpha value is -3.42. The van der Waals surface area contributed by atoms with Gasteiger partial charge in [-0.15, -0.1) is 0 Å². The maximum absolute atomic E-state index is 11.9. The van der Waals surface area contributed by atoms with Crippen LogP contribution < -0.4 is 16.2 Å². The standard InChI is InChI=1S/C17H18N4O4/c1-2-12-5-3-4-6-15(12)18-11-16(22)19-20-17(23)13-7-9-14(10-8-13)21(24)25/h3-10,18H,2,11H2,1H3,(H,19,22)(H,20,23). The third-order valence-corrected chi connectivity index (χ3v) is 3.49. The SMILES string of the molecule is CCc1ccccc1NCC(=O)NNC(=O)c1ccc([N+](=O)[O-])cc1. The first-order valence-corrected chi connectivity index (χ1v) is 7.66. The highest BCUT2D eigenvalue weighted by Crippen LogP contribution is 2.14. The summed E-state index contributed by atoms with van der Waals surface area (Å²) in [6, 6.07) is 12.7. The highest BCUT2D eigenvalue weighted by molar-refractivity contribution is 5.95. The molecule has 0 fully saturated rings. The summed E-state index contributed by atoms with van der Waals surface area (Å²) in [5, 5.41) is 13.6. The normalized spacial score (nSPS) is 9.96. The van der Waals surface area contributed by atoms with Gasteiger partial charge in [0.05, 0.1) is 11.5 Å². The number of carbonyl (C=O) groups excluding carboxylic acids is 2. The summed E-state index contributed by atoms with van der Waals surface area (Å²) in [6.07, 6.45) is 0.835. The largest absolute Gasteiger partial charge is 0.376 e. The zero-order valence-corrected chi connectivity index (χ0v) is 13.6. The van der Waals surface area contributed by atoms with E-state index >= 15 is 0 Å². The van der Waals surface area contributed by atoms with E-state index in [-0.39, 0.29) is 17.8 Å². The fraction of sp³-hybridized carbons (Fsp3) is 0.176. The zero-order valence-electron chi connectivity index (χ0n) is 13.6. The van der Waals surface area contributed by atoms with Crippen LogP contribution in [0.15, 0.2) is 48.5 Å². The van der Waals surface area contributed by atoms with Gasteiger partial charge in [0.2, 0.25) is 0 Å². The van der Waals surface area contributed by atoms with Gasteiger partial charge in [-0.05, 0) is 30.2 Å². The van der Waals surface area contributed by atoms with Crippen LogP contribution in [0.25, 0.3) is 0 Å². The molecule has 0 saturated heterocycles. The molecule has 0 spiro atoms. The number of nitro benzene ring substituents is 1. The number of benzene rings is 2. The molecule has 25 heavy (non-hydrogen) atoms. The van der Waals surface area contributed by atoms with E-state index in [0.29, 0.717) is 0 Å². The lowest BCUT2D eigenvalue weighted by Crippen LogP contribution is -2.44. The van der Waals surface area contributed by atoms with E-state index in [1.807, 2.05) is 31.2 Å². The summed E-state index contributed by atoms with van der Waals surface area (Å²) in [5.74, 6) is -0.974. The van der Waals surface area contributed by atoms with Crippen molar-refractivity contribution in [2.45, 2.75) is 13.3 Å². The van der Waals surface area contributed by atoms with Crippen LogP contribution in [0.3, 0.4) is 0 Å². The van der Waals surface area contributed by atoms with Gasteiger partial charge < -0.3 is 5.32 Å². The van der Waals surface area contributed by atoms with Crippen LogP contribution in [0.4, 0.5) is 11.4 Å². The van der Waals surface area contributed by atoms with Gasteiger partial charge in [0, 0.05) is 23.4 Å². The van der Waals surface area contributed by atoms with Gasteiger partial charge in [-0.3, -0.25) is 30.6 Å². The molecule has 0 unspecified atom stereocenters. The fourth-order valence-corrected chi connectivity index (χ4v) is 2.15. The second kappa shape index (κ2) is 8.44. The number of amides is 2. The quantitative estimate of drug-likeness (QED) is 0.549. The predicted molar refractivity (Wildman–Crippen MR) is 93.0 cm³/mol. The van der Waals surface area contributed by atoms with Crippen LogP contribution in [-0.4, -0.2) is 23.3 Å². The third kappa shape index (κ3) is 5.03. The first-order chi connectivity index (χ1) is 12.0. The molecule has 3 N–H and O–H groups in total. The Bertz CT molecular complexity index is 774. The molecular formula is C17H18N4O4. The highest BCUT2D eigenvalue weighted by Gasteiger charge is 2.10. The number of para-hydroxylation sites is 1. The number of non-ortho nitro benzene ring substituents is 1. The van der Waals surface area contributed by atoms with E-state index in [1.54, 1.807) is 0 Å². The average Bonchev–Trinajstić information content (AvgIpc) is 2.64. The molecule has 0 aliphatic rings. The second-order valence-corrected chi connectivity index (χ2v) is 5.17. The minimum atomic E-state index is -0.558. The molecule has 0 bridgehead atoms. The van der Waals surface area contributed by atoms with Crippen molar-refractivity contribution in [1.29, 1.82) is 0 Å². The van der Waals surface area contributed by atoms with Gasteiger partial charge in [0.1, 0.15) is 0 Å². The lowest BCUT2D eigenvalue weighted by atomic mass is 10.1. The molecule has 2 amide bonds. The minimum Gasteiger partial charge on any atom is -0.376 e. The van der Waals surface area contributed by atoms with Crippen molar-refractivity contribution in [2.24, 2.45) is 0 Å². The van der Waals surface area contributed by atoms with Gasteiger partial charge in [-0.25, -0.2) is 0 Å². The summed E-state index contributed by atoms with van der Waals surface area (Å²) in [6.45, 7) is 2.02. The molecule has 0 heterocycles. The maximum atomic E-state index is 11.9. The van der Waals surface area contributed by atoms with Crippen LogP contribution in [-0.2, 0) is 11.2 Å². The van der Waals surface area contributed by atoms with Crippen molar-refractivity contribution >= 4 is 23.2 Å². The monoisotopic (exact) mass is 342 g/mol. The Morgan fingerprint density at radius 2 is 1.72 bits per heavy atom. The van der Waals surface area contributed by atoms with Crippen molar-refractivity contribution in [2.75, 3.05) is 11.9 Å². The van der Waals surface area contributed by atoms with Crippen molar-refractivity contribution < 1.29 is 14.5 Å². The number of nitro groups is 1. The lowest BCUT2D eigenvalue weighted by Gasteiger charge is -2.11. The molecule has 0 saturated carbocycles. The van der Waals surface area contributed by atoms with Gasteiger partial charge in [-0.2, -0.15) is 0 Å². The van der Waals surface area contributed by atoms with E-state index in [2.05, 4.69) is 16.2 Å². The van der Waals surface area contributed by atoms with Crippen LogP contribution in [0, 0.1) is 10.1 Å². The Labute approximate surface area is 144 Å². The Morgan fingerprint density at radius 1 is 1.04 bits per heavy atom. The molecule has 8 heteroatoms. The number of nitrogens with zero attached hydrogens (tertiary/aromatic N) is 1. The van der Waals surface area contributed by atoms with Crippen molar-refractivity contribution in [3.8, 4) is 0 Å². The summed E-state index contributed by atoms with van der Waals surface area (Å²) < 4.78 is 0. The number of anilines is 1. The summed E-state index contributed by atoms with van der Waals surface area (Å²) >= 11 is 0. The van der Waals surface area contributed by atoms with E-state index in [4.69, 9.17) is 0 Å². The maximum Gasteiger partial charge on any atom is 0.269 e. The van der Waals surface area contributed by atoms with Crippen molar-refractivity contribution in [3.05, 3.63) is 69.8 Å². The number of hydrogen-bond donors (Lipinski definition) is 3. The molecule has 8 nitrogen and oxygen atoms in total. The van der Waals surface area contributed by atoms with Gasteiger partial charge in [0.15, 0.2) is 0 Å². The summed E-state index contributed by atoms with van der Waals surface area (Å²) in [5.41, 5.74) is 6.60. The molecule has 0 aliphatic heterocycles. The Morgan fingerprint density at radius 3 is 2.36 bits per heavy atom. The molecular weight excluding hydrogens is 324 g/mol. The molecule has 2 aromatic carbocycles. The topological polar surface area (TPSA) is 113 Å². The van der Waals surface area contributed by atoms with Gasteiger partial charge in [0.25, 0.3) is 17.5 Å². The third-order valence-electron chi connectivity index (χ3n) is 3.49. The van der Waals surface area contributed by atoms with Crippen LogP contribution in [0.5, 0.6) is 0 Å². The fourth-order valence-electron chi connectivity index (χ4n) is 2.15.